The van der Waals surface area contributed by atoms with Crippen LogP contribution < -0.4 is 0 Å². The van der Waals surface area contributed by atoms with E-state index in [1.165, 1.54) is 64.2 Å². The maximum absolute atomic E-state index is 9.47. The molecule has 0 aromatic rings. The van der Waals surface area contributed by atoms with Crippen molar-refractivity contribution in [2.45, 2.75) is 142 Å². The fraction of sp³-hybridized carbons (Fsp3) is 1.00. The van der Waals surface area contributed by atoms with Crippen molar-refractivity contribution in [3.63, 3.8) is 0 Å². The Kier molecular flexibility index (Phi) is 28.8. The van der Waals surface area contributed by atoms with Crippen molar-refractivity contribution in [1.29, 1.82) is 0 Å². The Balaban J connectivity index is 0. The van der Waals surface area contributed by atoms with Crippen LogP contribution in [0, 0.1) is 0 Å². The van der Waals surface area contributed by atoms with Crippen LogP contribution in [0.2, 0.25) is 0 Å². The highest BCUT2D eigenvalue weighted by molar-refractivity contribution is 4.57. The van der Waals surface area contributed by atoms with Crippen molar-refractivity contribution >= 4 is 0 Å². The van der Waals surface area contributed by atoms with Gasteiger partial charge < -0.3 is 20.4 Å². The quantitative estimate of drug-likeness (QED) is 0.195. The molecule has 2 unspecified atom stereocenters. The lowest BCUT2D eigenvalue weighted by Gasteiger charge is -2.08. The summed E-state index contributed by atoms with van der Waals surface area (Å²) >= 11 is 0. The van der Waals surface area contributed by atoms with Crippen LogP contribution in [0.25, 0.3) is 0 Å². The van der Waals surface area contributed by atoms with Crippen LogP contribution in [0.15, 0.2) is 0 Å². The molecule has 4 heteroatoms. The molecule has 28 heavy (non-hydrogen) atoms. The van der Waals surface area contributed by atoms with Crippen molar-refractivity contribution in [3.05, 3.63) is 0 Å². The Morgan fingerprint density at radius 1 is 0.429 bits per heavy atom. The van der Waals surface area contributed by atoms with Gasteiger partial charge in [0, 0.05) is 13.2 Å². The van der Waals surface area contributed by atoms with E-state index in [0.29, 0.717) is 0 Å². The lowest BCUT2D eigenvalue weighted by molar-refractivity contribution is 0.137. The van der Waals surface area contributed by atoms with Crippen molar-refractivity contribution in [1.82, 2.24) is 0 Å². The Morgan fingerprint density at radius 2 is 0.714 bits per heavy atom. The fourth-order valence-corrected chi connectivity index (χ4v) is 3.26. The number of rotatable bonds is 20. The first-order valence-electron chi connectivity index (χ1n) is 12.2. The van der Waals surface area contributed by atoms with Crippen LogP contribution in [-0.2, 0) is 0 Å². The fourth-order valence-electron chi connectivity index (χ4n) is 3.26. The summed E-state index contributed by atoms with van der Waals surface area (Å²) in [6.07, 6.45) is 19.7. The van der Waals surface area contributed by atoms with Gasteiger partial charge in [-0.05, 0) is 38.5 Å². The van der Waals surface area contributed by atoms with Gasteiger partial charge in [0.15, 0.2) is 0 Å². The minimum atomic E-state index is -0.187. The molecule has 0 saturated carbocycles. The highest BCUT2D eigenvalue weighted by atomic mass is 16.3. The van der Waals surface area contributed by atoms with E-state index in [1.807, 2.05) is 0 Å². The molecule has 0 aliphatic heterocycles. The van der Waals surface area contributed by atoms with Gasteiger partial charge in [-0.1, -0.05) is 90.9 Å². The molecular weight excluding hydrogens is 352 g/mol. The summed E-state index contributed by atoms with van der Waals surface area (Å²) in [5.74, 6) is 0. The molecule has 0 rings (SSSR count). The van der Waals surface area contributed by atoms with Gasteiger partial charge in [0.25, 0.3) is 0 Å². The molecule has 0 heterocycles. The molecule has 4 N–H and O–H groups in total. The van der Waals surface area contributed by atoms with Crippen LogP contribution in [0.1, 0.15) is 129 Å². The Labute approximate surface area is 175 Å². The molecule has 0 spiro atoms. The van der Waals surface area contributed by atoms with E-state index in [0.717, 1.165) is 51.4 Å². The van der Waals surface area contributed by atoms with Crippen LogP contribution >= 0.6 is 0 Å². The van der Waals surface area contributed by atoms with Crippen LogP contribution in [0.5, 0.6) is 0 Å². The highest BCUT2D eigenvalue weighted by Gasteiger charge is 2.03. The maximum Gasteiger partial charge on any atom is 0.0541 e. The second kappa shape index (κ2) is 26.8. The minimum Gasteiger partial charge on any atom is -0.396 e. The van der Waals surface area contributed by atoms with Gasteiger partial charge in [-0.2, -0.15) is 0 Å². The van der Waals surface area contributed by atoms with Gasteiger partial charge in [-0.25, -0.2) is 0 Å². The second-order valence-corrected chi connectivity index (χ2v) is 8.15. The first-order chi connectivity index (χ1) is 13.6. The van der Waals surface area contributed by atoms with E-state index in [-0.39, 0.29) is 25.4 Å². The highest BCUT2D eigenvalue weighted by Crippen LogP contribution is 2.11. The van der Waals surface area contributed by atoms with Crippen molar-refractivity contribution in [2.24, 2.45) is 0 Å². The van der Waals surface area contributed by atoms with E-state index < -0.39 is 0 Å². The van der Waals surface area contributed by atoms with Gasteiger partial charge in [0.2, 0.25) is 0 Å². The standard InChI is InChI=1S/2C12H26O2/c2*1-2-3-4-5-6-7-9-12(14)10-8-11-13/h2*12-14H,2-11H2,1H3. The smallest absolute Gasteiger partial charge is 0.0541 e. The molecule has 0 bridgehead atoms. The maximum atomic E-state index is 9.47. The summed E-state index contributed by atoms with van der Waals surface area (Å²) in [6, 6.07) is 0. The summed E-state index contributed by atoms with van der Waals surface area (Å²) in [6.45, 7) is 4.85. The first-order valence-corrected chi connectivity index (χ1v) is 12.2. The number of aliphatic hydroxyl groups excluding tert-OH is 4. The number of hydrogen-bond donors (Lipinski definition) is 4. The van der Waals surface area contributed by atoms with Gasteiger partial charge >= 0.3 is 0 Å². The molecule has 0 radical (unpaired) electrons. The number of unbranched alkanes of at least 4 members (excludes halogenated alkanes) is 10. The van der Waals surface area contributed by atoms with Crippen LogP contribution in [-0.4, -0.2) is 45.8 Å². The van der Waals surface area contributed by atoms with Crippen LogP contribution in [0.4, 0.5) is 0 Å². The lowest BCUT2D eigenvalue weighted by Crippen LogP contribution is -2.06. The number of hydrogen-bond acceptors (Lipinski definition) is 4. The van der Waals surface area contributed by atoms with E-state index in [9.17, 15) is 10.2 Å². The average Bonchev–Trinajstić information content (AvgIpc) is 2.70. The monoisotopic (exact) mass is 404 g/mol. The van der Waals surface area contributed by atoms with Gasteiger partial charge in [0.1, 0.15) is 0 Å². The third-order valence-corrected chi connectivity index (χ3v) is 5.17. The molecule has 172 valence electrons. The molecule has 0 amide bonds. The van der Waals surface area contributed by atoms with E-state index in [1.54, 1.807) is 0 Å². The van der Waals surface area contributed by atoms with Crippen LogP contribution in [0.3, 0.4) is 0 Å². The van der Waals surface area contributed by atoms with Crippen molar-refractivity contribution in [3.8, 4) is 0 Å². The summed E-state index contributed by atoms with van der Waals surface area (Å²) < 4.78 is 0. The average molecular weight is 405 g/mol. The molecule has 2 atom stereocenters. The number of aliphatic hydroxyl groups is 4. The van der Waals surface area contributed by atoms with Crippen molar-refractivity contribution < 1.29 is 20.4 Å². The molecule has 0 aliphatic rings. The molecule has 0 aromatic carbocycles. The topological polar surface area (TPSA) is 80.9 Å². The zero-order valence-corrected chi connectivity index (χ0v) is 19.1. The first kappa shape index (κ1) is 30.0. The second-order valence-electron chi connectivity index (χ2n) is 8.15. The van der Waals surface area contributed by atoms with Gasteiger partial charge in [0.05, 0.1) is 12.2 Å². The Bertz CT molecular complexity index is 235. The zero-order chi connectivity index (χ0) is 21.3. The van der Waals surface area contributed by atoms with Gasteiger partial charge in [-0.15, -0.1) is 0 Å². The van der Waals surface area contributed by atoms with E-state index in [4.69, 9.17) is 10.2 Å². The molecule has 4 nitrogen and oxygen atoms in total. The Hall–Kier alpha value is -0.160. The predicted molar refractivity (Wildman–Crippen MR) is 121 cm³/mol. The largest absolute Gasteiger partial charge is 0.396 e. The molecule has 0 fully saturated rings. The third-order valence-electron chi connectivity index (χ3n) is 5.17. The third kappa shape index (κ3) is 28.1. The lowest BCUT2D eigenvalue weighted by atomic mass is 10.0. The minimum absolute atomic E-state index is 0.187. The van der Waals surface area contributed by atoms with E-state index in [2.05, 4.69) is 13.8 Å². The molecular formula is C24H52O4. The Morgan fingerprint density at radius 3 is 1.04 bits per heavy atom. The summed E-state index contributed by atoms with van der Waals surface area (Å²) in [7, 11) is 0. The molecule has 0 aromatic heterocycles. The van der Waals surface area contributed by atoms with E-state index >= 15 is 0 Å². The predicted octanol–water partition coefficient (Wildman–Crippen LogP) is 5.74. The summed E-state index contributed by atoms with van der Waals surface area (Å²) in [4.78, 5) is 0. The van der Waals surface area contributed by atoms with Crippen molar-refractivity contribution in [2.75, 3.05) is 13.2 Å². The zero-order valence-electron chi connectivity index (χ0n) is 19.1. The normalized spacial score (nSPS) is 13.1. The summed E-state index contributed by atoms with van der Waals surface area (Å²) in [5.41, 5.74) is 0. The van der Waals surface area contributed by atoms with Gasteiger partial charge in [-0.3, -0.25) is 0 Å². The SMILES string of the molecule is CCCCCCCCC(O)CCCO.CCCCCCCCC(O)CCCO. The summed E-state index contributed by atoms with van der Waals surface area (Å²) in [5, 5.41) is 36.1. The molecule has 0 saturated heterocycles. The molecule has 0 aliphatic carbocycles.